The molecule has 1 amide bonds. The lowest BCUT2D eigenvalue weighted by atomic mass is 10.2. The molecule has 9 nitrogen and oxygen atoms in total. The maximum Gasteiger partial charge on any atom is 0.331 e. The van der Waals surface area contributed by atoms with Gasteiger partial charge in [0.15, 0.2) is 12.4 Å². The molecule has 0 saturated heterocycles. The molecule has 0 bridgehead atoms. The fourth-order valence-corrected chi connectivity index (χ4v) is 3.67. The quantitative estimate of drug-likeness (QED) is 0.235. The fraction of sp³-hybridized carbons (Fsp3) is 0.179. The Bertz CT molecular complexity index is 1450. The molecule has 2 aromatic heterocycles. The van der Waals surface area contributed by atoms with Crippen LogP contribution in [-0.2, 0) is 14.3 Å². The molecule has 0 aliphatic carbocycles. The summed E-state index contributed by atoms with van der Waals surface area (Å²) in [6.45, 7) is -0.145. The van der Waals surface area contributed by atoms with E-state index in [4.69, 9.17) is 19.7 Å². The molecule has 0 spiro atoms. The minimum Gasteiger partial charge on any atom is -0.454 e. The minimum atomic E-state index is -0.711. The van der Waals surface area contributed by atoms with Gasteiger partial charge in [0.25, 0.3) is 5.91 Å². The first kappa shape index (κ1) is 25.0. The first-order valence-electron chi connectivity index (χ1n) is 11.6. The molecule has 4 aromatic rings. The molecule has 0 aliphatic rings. The van der Waals surface area contributed by atoms with E-state index in [0.717, 1.165) is 16.7 Å². The highest BCUT2D eigenvalue weighted by Gasteiger charge is 2.17. The van der Waals surface area contributed by atoms with Gasteiger partial charge in [-0.05, 0) is 30.3 Å². The lowest BCUT2D eigenvalue weighted by Gasteiger charge is -2.19. The van der Waals surface area contributed by atoms with Crippen LogP contribution in [0.2, 0.25) is 0 Å². The van der Waals surface area contributed by atoms with Gasteiger partial charge in [0.2, 0.25) is 0 Å². The molecule has 4 rings (SSSR count). The SMILES string of the molecule is N#CCCN(CCC#N)C(=O)COC(=O)/C=C/c1cn(-c2ccccc2)nc1-c1cc2ccccc2o1. The number of benzene rings is 2. The van der Waals surface area contributed by atoms with Crippen LogP contribution in [0.15, 0.2) is 77.4 Å². The Morgan fingerprint density at radius 2 is 1.73 bits per heavy atom. The number of carbonyl (C=O) groups is 2. The van der Waals surface area contributed by atoms with Crippen LogP contribution in [0.4, 0.5) is 0 Å². The maximum atomic E-state index is 12.4. The standard InChI is InChI=1S/C28H23N5O4/c29-14-6-16-32(17-7-15-30)26(34)20-36-27(35)13-12-22-19-33(23-9-2-1-3-10-23)31-28(22)25-18-21-8-4-5-11-24(21)37-25/h1-5,8-13,18-19H,6-7,16-17,20H2/b13-12+. The van der Waals surface area contributed by atoms with Crippen LogP contribution in [-0.4, -0.2) is 46.3 Å². The van der Waals surface area contributed by atoms with E-state index in [0.29, 0.717) is 17.0 Å². The van der Waals surface area contributed by atoms with Crippen LogP contribution in [0, 0.1) is 22.7 Å². The average molecular weight is 494 g/mol. The van der Waals surface area contributed by atoms with E-state index in [-0.39, 0.29) is 25.9 Å². The van der Waals surface area contributed by atoms with Gasteiger partial charge in [-0.1, -0.05) is 36.4 Å². The van der Waals surface area contributed by atoms with Gasteiger partial charge in [0, 0.05) is 36.3 Å². The number of amides is 1. The third-order valence-electron chi connectivity index (χ3n) is 5.50. The number of rotatable bonds is 10. The van der Waals surface area contributed by atoms with Crippen molar-refractivity contribution in [1.82, 2.24) is 14.7 Å². The largest absolute Gasteiger partial charge is 0.454 e. The molecule has 37 heavy (non-hydrogen) atoms. The third-order valence-corrected chi connectivity index (χ3v) is 5.50. The molecule has 184 valence electrons. The van der Waals surface area contributed by atoms with Crippen LogP contribution in [0.25, 0.3) is 34.2 Å². The fourth-order valence-electron chi connectivity index (χ4n) is 3.67. The van der Waals surface area contributed by atoms with Gasteiger partial charge in [0.1, 0.15) is 11.3 Å². The molecule has 0 fully saturated rings. The van der Waals surface area contributed by atoms with Crippen LogP contribution in [0.1, 0.15) is 18.4 Å². The van der Waals surface area contributed by atoms with E-state index in [1.807, 2.05) is 72.8 Å². The van der Waals surface area contributed by atoms with E-state index in [2.05, 4.69) is 5.10 Å². The van der Waals surface area contributed by atoms with E-state index in [9.17, 15) is 9.59 Å². The highest BCUT2D eigenvalue weighted by molar-refractivity contribution is 5.91. The molecule has 0 unspecified atom stereocenters. The number of carbonyl (C=O) groups excluding carboxylic acids is 2. The summed E-state index contributed by atoms with van der Waals surface area (Å²) < 4.78 is 12.8. The normalized spacial score (nSPS) is 10.8. The number of nitrogens with zero attached hydrogens (tertiary/aromatic N) is 5. The third kappa shape index (κ3) is 6.30. The molecule has 2 heterocycles. The van der Waals surface area contributed by atoms with Crippen molar-refractivity contribution in [2.24, 2.45) is 0 Å². The second-order valence-electron chi connectivity index (χ2n) is 8.00. The second-order valence-corrected chi connectivity index (χ2v) is 8.00. The van der Waals surface area contributed by atoms with Crippen LogP contribution in [0.5, 0.6) is 0 Å². The minimum absolute atomic E-state index is 0.126. The van der Waals surface area contributed by atoms with Crippen molar-refractivity contribution in [1.29, 1.82) is 10.5 Å². The van der Waals surface area contributed by atoms with Gasteiger partial charge >= 0.3 is 5.97 Å². The number of furan rings is 1. The summed E-state index contributed by atoms with van der Waals surface area (Å²) in [5, 5.41) is 23.2. The summed E-state index contributed by atoms with van der Waals surface area (Å²) in [5.74, 6) is -0.631. The number of ether oxygens (including phenoxy) is 1. The predicted octanol–water partition coefficient (Wildman–Crippen LogP) is 4.50. The lowest BCUT2D eigenvalue weighted by Crippen LogP contribution is -2.36. The first-order valence-corrected chi connectivity index (χ1v) is 11.6. The zero-order chi connectivity index (χ0) is 26.0. The summed E-state index contributed by atoms with van der Waals surface area (Å²) in [6.07, 6.45) is 4.81. The van der Waals surface area contributed by atoms with E-state index in [1.165, 1.54) is 11.0 Å². The molecule has 0 radical (unpaired) electrons. The first-order chi connectivity index (χ1) is 18.1. The van der Waals surface area contributed by atoms with Crippen molar-refractivity contribution in [2.45, 2.75) is 12.8 Å². The van der Waals surface area contributed by atoms with Crippen molar-refractivity contribution < 1.29 is 18.7 Å². The van der Waals surface area contributed by atoms with Crippen LogP contribution < -0.4 is 0 Å². The highest BCUT2D eigenvalue weighted by atomic mass is 16.5. The number of nitriles is 2. The predicted molar refractivity (Wildman–Crippen MR) is 136 cm³/mol. The summed E-state index contributed by atoms with van der Waals surface area (Å²) in [4.78, 5) is 26.1. The molecule has 0 aliphatic heterocycles. The number of para-hydroxylation sites is 2. The molecule has 2 aromatic carbocycles. The second kappa shape index (κ2) is 12.0. The zero-order valence-electron chi connectivity index (χ0n) is 19.9. The summed E-state index contributed by atoms with van der Waals surface area (Å²) >= 11 is 0. The summed E-state index contributed by atoms with van der Waals surface area (Å²) in [5.41, 5.74) is 2.72. The Balaban J connectivity index is 1.52. The number of fused-ring (bicyclic) bond motifs is 1. The monoisotopic (exact) mass is 493 g/mol. The van der Waals surface area contributed by atoms with Gasteiger partial charge in [-0.3, -0.25) is 4.79 Å². The number of hydrogen-bond donors (Lipinski definition) is 0. The van der Waals surface area contributed by atoms with Gasteiger partial charge in [0.05, 0.1) is 30.7 Å². The zero-order valence-corrected chi connectivity index (χ0v) is 19.9. The number of esters is 1. The topological polar surface area (TPSA) is 125 Å². The van der Waals surface area contributed by atoms with Crippen molar-refractivity contribution >= 4 is 28.9 Å². The lowest BCUT2D eigenvalue weighted by molar-refractivity contribution is -0.148. The van der Waals surface area contributed by atoms with Crippen molar-refractivity contribution in [2.75, 3.05) is 19.7 Å². The van der Waals surface area contributed by atoms with Crippen molar-refractivity contribution in [3.8, 4) is 29.3 Å². The Labute approximate surface area is 213 Å². The van der Waals surface area contributed by atoms with Crippen LogP contribution >= 0.6 is 0 Å². The Hall–Kier alpha value is -5.15. The highest BCUT2D eigenvalue weighted by Crippen LogP contribution is 2.30. The Morgan fingerprint density at radius 3 is 2.43 bits per heavy atom. The smallest absolute Gasteiger partial charge is 0.331 e. The molecule has 9 heteroatoms. The Morgan fingerprint density at radius 1 is 1.03 bits per heavy atom. The molecular formula is C28H23N5O4. The van der Waals surface area contributed by atoms with E-state index >= 15 is 0 Å². The van der Waals surface area contributed by atoms with Gasteiger partial charge < -0.3 is 14.1 Å². The summed E-state index contributed by atoms with van der Waals surface area (Å²) in [6, 6.07) is 23.0. The molecule has 0 atom stereocenters. The summed E-state index contributed by atoms with van der Waals surface area (Å²) in [7, 11) is 0. The van der Waals surface area contributed by atoms with E-state index < -0.39 is 18.5 Å². The van der Waals surface area contributed by atoms with Gasteiger partial charge in [-0.25, -0.2) is 9.48 Å². The van der Waals surface area contributed by atoms with Gasteiger partial charge in [-0.2, -0.15) is 15.6 Å². The molecule has 0 saturated carbocycles. The average Bonchev–Trinajstić information content (AvgIpc) is 3.55. The van der Waals surface area contributed by atoms with E-state index in [1.54, 1.807) is 17.0 Å². The molecule has 0 N–H and O–H groups in total. The maximum absolute atomic E-state index is 12.4. The van der Waals surface area contributed by atoms with Crippen molar-refractivity contribution in [3.63, 3.8) is 0 Å². The van der Waals surface area contributed by atoms with Crippen molar-refractivity contribution in [3.05, 3.63) is 78.5 Å². The Kier molecular flexibility index (Phi) is 8.10. The van der Waals surface area contributed by atoms with Gasteiger partial charge in [-0.15, -0.1) is 0 Å². The van der Waals surface area contributed by atoms with Crippen LogP contribution in [0.3, 0.4) is 0 Å². The number of hydrogen-bond acceptors (Lipinski definition) is 7. The number of aromatic nitrogens is 2. The molecular weight excluding hydrogens is 470 g/mol.